The summed E-state index contributed by atoms with van der Waals surface area (Å²) in [6, 6.07) is 11.7. The van der Waals surface area contributed by atoms with E-state index in [2.05, 4.69) is 16.4 Å². The van der Waals surface area contributed by atoms with E-state index in [9.17, 15) is 14.0 Å². The van der Waals surface area contributed by atoms with Gasteiger partial charge in [-0.3, -0.25) is 4.79 Å². The second-order valence-corrected chi connectivity index (χ2v) is 9.39. The van der Waals surface area contributed by atoms with E-state index in [4.69, 9.17) is 4.74 Å². The molecule has 1 amide bonds. The van der Waals surface area contributed by atoms with Gasteiger partial charge in [-0.05, 0) is 61.9 Å². The topological polar surface area (TPSA) is 71.0 Å². The van der Waals surface area contributed by atoms with Crippen LogP contribution in [0.15, 0.2) is 69.8 Å². The highest BCUT2D eigenvalue weighted by Crippen LogP contribution is 2.45. The van der Waals surface area contributed by atoms with E-state index in [1.807, 2.05) is 43.2 Å². The van der Waals surface area contributed by atoms with E-state index in [0.29, 0.717) is 17.8 Å². The fraction of sp³-hybridized carbons (Fsp3) is 0.296. The van der Waals surface area contributed by atoms with Crippen LogP contribution in [0, 0.1) is 19.7 Å². The third-order valence-electron chi connectivity index (χ3n) is 5.97. The lowest BCUT2D eigenvalue weighted by Gasteiger charge is -2.37. The molecule has 2 aromatic rings. The molecule has 4 rings (SSSR count). The van der Waals surface area contributed by atoms with Crippen LogP contribution in [0.4, 0.5) is 4.39 Å². The number of halogens is 1. The van der Waals surface area contributed by atoms with Gasteiger partial charge in [0.25, 0.3) is 0 Å². The van der Waals surface area contributed by atoms with Crippen molar-refractivity contribution in [2.24, 2.45) is 4.99 Å². The fourth-order valence-corrected chi connectivity index (χ4v) is 5.18. The lowest BCUT2D eigenvalue weighted by Crippen LogP contribution is -2.38. The van der Waals surface area contributed by atoms with E-state index in [1.54, 1.807) is 19.1 Å². The van der Waals surface area contributed by atoms with Gasteiger partial charge in [0.15, 0.2) is 5.17 Å². The molecular formula is C27H28FN3O3S. The number of hydrogen-bond acceptors (Lipinski definition) is 6. The number of benzene rings is 2. The van der Waals surface area contributed by atoms with Gasteiger partial charge in [0.1, 0.15) is 5.82 Å². The second-order valence-electron chi connectivity index (χ2n) is 8.55. The number of esters is 1. The Labute approximate surface area is 209 Å². The van der Waals surface area contributed by atoms with Crippen molar-refractivity contribution >= 4 is 28.8 Å². The summed E-state index contributed by atoms with van der Waals surface area (Å²) < 4.78 is 18.6. The van der Waals surface area contributed by atoms with Crippen molar-refractivity contribution in [2.45, 2.75) is 46.7 Å². The van der Waals surface area contributed by atoms with Crippen LogP contribution in [0.5, 0.6) is 0 Å². The molecule has 2 aliphatic heterocycles. The van der Waals surface area contributed by atoms with Gasteiger partial charge in [-0.15, -0.1) is 0 Å². The first kappa shape index (κ1) is 24.7. The number of hydrogen-bond donors (Lipinski definition) is 1. The standard InChI is InChI=1S/C27H28FN3O3S/c1-5-34-26(33)24-18(4)30-27-31(25(24)22-12-16(2)6-7-17(22)3)21(15-35-27)13-23(32)29-14-19-8-10-20(28)11-9-19/h6-12,15,25H,5,13-14H2,1-4H3,(H,29,32)/t25-/m0/s1. The summed E-state index contributed by atoms with van der Waals surface area (Å²) in [4.78, 5) is 32.6. The number of aliphatic imine (C=N–C) groups is 1. The molecule has 2 aliphatic rings. The van der Waals surface area contributed by atoms with E-state index >= 15 is 0 Å². The monoisotopic (exact) mass is 493 g/mol. The molecule has 2 aromatic carbocycles. The summed E-state index contributed by atoms with van der Waals surface area (Å²) in [6.45, 7) is 8.19. The molecule has 182 valence electrons. The molecule has 0 fully saturated rings. The average Bonchev–Trinajstić information content (AvgIpc) is 3.21. The Bertz CT molecular complexity index is 1250. The van der Waals surface area contributed by atoms with E-state index in [1.165, 1.54) is 23.9 Å². The third kappa shape index (κ3) is 5.32. The number of aryl methyl sites for hydroxylation is 2. The molecule has 8 heteroatoms. The number of ether oxygens (including phenoxy) is 1. The first-order valence-corrected chi connectivity index (χ1v) is 12.4. The maximum atomic E-state index is 13.2. The van der Waals surface area contributed by atoms with Crippen molar-refractivity contribution in [3.8, 4) is 0 Å². The molecule has 0 spiro atoms. The zero-order valence-electron chi connectivity index (χ0n) is 20.2. The van der Waals surface area contributed by atoms with Crippen molar-refractivity contribution in [3.05, 3.63) is 92.9 Å². The van der Waals surface area contributed by atoms with Crippen LogP contribution in [0.2, 0.25) is 0 Å². The number of allylic oxidation sites excluding steroid dienone is 1. The molecule has 0 aliphatic carbocycles. The number of amides is 1. The number of rotatable bonds is 7. The summed E-state index contributed by atoms with van der Waals surface area (Å²) in [6.07, 6.45) is 0.115. The minimum Gasteiger partial charge on any atom is -0.463 e. The van der Waals surface area contributed by atoms with Crippen LogP contribution in [-0.2, 0) is 20.9 Å². The SMILES string of the molecule is CCOC(=O)C1=C(C)N=C2SC=C(CC(=O)NCc3ccc(F)cc3)N2[C@H]1c1cc(C)ccc1C. The summed E-state index contributed by atoms with van der Waals surface area (Å²) in [5.74, 6) is -0.898. The quantitative estimate of drug-likeness (QED) is 0.531. The van der Waals surface area contributed by atoms with Gasteiger partial charge in [-0.25, -0.2) is 14.2 Å². The fourth-order valence-electron chi connectivity index (χ4n) is 4.22. The van der Waals surface area contributed by atoms with Crippen LogP contribution in [0.1, 0.15) is 48.6 Å². The van der Waals surface area contributed by atoms with Crippen molar-refractivity contribution in [1.29, 1.82) is 0 Å². The minimum atomic E-state index is -0.451. The number of nitrogens with one attached hydrogen (secondary N) is 1. The first-order valence-electron chi connectivity index (χ1n) is 11.5. The highest BCUT2D eigenvalue weighted by molar-refractivity contribution is 8.16. The van der Waals surface area contributed by atoms with Gasteiger partial charge < -0.3 is 15.0 Å². The maximum Gasteiger partial charge on any atom is 0.338 e. The Morgan fingerprint density at radius 1 is 1.14 bits per heavy atom. The van der Waals surface area contributed by atoms with Gasteiger partial charge in [0.05, 0.1) is 30.3 Å². The van der Waals surface area contributed by atoms with Gasteiger partial charge in [0.2, 0.25) is 5.91 Å². The molecule has 0 unspecified atom stereocenters. The normalized spacial score (nSPS) is 17.1. The maximum absolute atomic E-state index is 13.2. The summed E-state index contributed by atoms with van der Waals surface area (Å²) in [5.41, 5.74) is 5.74. The summed E-state index contributed by atoms with van der Waals surface area (Å²) >= 11 is 1.44. The predicted molar refractivity (Wildman–Crippen MR) is 136 cm³/mol. The van der Waals surface area contributed by atoms with Gasteiger partial charge >= 0.3 is 5.97 Å². The van der Waals surface area contributed by atoms with Gasteiger partial charge in [0, 0.05) is 12.2 Å². The highest BCUT2D eigenvalue weighted by Gasteiger charge is 2.41. The van der Waals surface area contributed by atoms with E-state index in [-0.39, 0.29) is 24.8 Å². The van der Waals surface area contributed by atoms with Crippen LogP contribution in [0.3, 0.4) is 0 Å². The molecule has 0 radical (unpaired) electrons. The number of thioether (sulfide) groups is 1. The number of nitrogens with zero attached hydrogens (tertiary/aromatic N) is 2. The Hall–Kier alpha value is -3.39. The van der Waals surface area contributed by atoms with Crippen molar-refractivity contribution in [2.75, 3.05) is 6.61 Å². The highest BCUT2D eigenvalue weighted by atomic mass is 32.2. The van der Waals surface area contributed by atoms with Crippen LogP contribution in [-0.4, -0.2) is 28.6 Å². The lowest BCUT2D eigenvalue weighted by molar-refractivity contribution is -0.139. The molecule has 1 N–H and O–H groups in total. The Morgan fingerprint density at radius 2 is 1.89 bits per heavy atom. The largest absolute Gasteiger partial charge is 0.463 e. The molecule has 6 nitrogen and oxygen atoms in total. The second kappa shape index (κ2) is 10.5. The molecule has 1 atom stereocenters. The smallest absolute Gasteiger partial charge is 0.338 e. The zero-order valence-corrected chi connectivity index (χ0v) is 21.0. The molecule has 0 aromatic heterocycles. The average molecular weight is 494 g/mol. The van der Waals surface area contributed by atoms with E-state index in [0.717, 1.165) is 33.1 Å². The van der Waals surface area contributed by atoms with Crippen LogP contribution in [0.25, 0.3) is 0 Å². The first-order chi connectivity index (χ1) is 16.8. The molecule has 0 bridgehead atoms. The number of carbonyl (C=O) groups is 2. The van der Waals surface area contributed by atoms with Crippen LogP contribution >= 0.6 is 11.8 Å². The van der Waals surface area contributed by atoms with Gasteiger partial charge in [-0.1, -0.05) is 47.7 Å². The number of carbonyl (C=O) groups excluding carboxylic acids is 2. The lowest BCUT2D eigenvalue weighted by atomic mass is 9.90. The summed E-state index contributed by atoms with van der Waals surface area (Å²) in [7, 11) is 0. The molecule has 35 heavy (non-hydrogen) atoms. The number of fused-ring (bicyclic) bond motifs is 1. The number of amidine groups is 1. The Kier molecular flexibility index (Phi) is 7.40. The summed E-state index contributed by atoms with van der Waals surface area (Å²) in [5, 5.41) is 5.53. The van der Waals surface area contributed by atoms with E-state index < -0.39 is 12.0 Å². The Balaban J connectivity index is 1.63. The van der Waals surface area contributed by atoms with Crippen molar-refractivity contribution in [3.63, 3.8) is 0 Å². The van der Waals surface area contributed by atoms with Crippen LogP contribution < -0.4 is 5.32 Å². The predicted octanol–water partition coefficient (Wildman–Crippen LogP) is 5.29. The third-order valence-corrected chi connectivity index (χ3v) is 6.86. The van der Waals surface area contributed by atoms with Gasteiger partial charge in [-0.2, -0.15) is 0 Å². The van der Waals surface area contributed by atoms with Crippen molar-refractivity contribution in [1.82, 2.24) is 10.2 Å². The molecular weight excluding hydrogens is 465 g/mol. The molecule has 2 heterocycles. The zero-order chi connectivity index (χ0) is 25.1. The molecule has 0 saturated carbocycles. The minimum absolute atomic E-state index is 0.115. The Morgan fingerprint density at radius 3 is 2.60 bits per heavy atom. The molecule has 0 saturated heterocycles. The van der Waals surface area contributed by atoms with Crippen molar-refractivity contribution < 1.29 is 18.7 Å².